The quantitative estimate of drug-likeness (QED) is 0.160. The number of hydrogen-bond donors (Lipinski definition) is 1. The summed E-state index contributed by atoms with van der Waals surface area (Å²) in [7, 11) is 0. The van der Waals surface area contributed by atoms with Crippen molar-refractivity contribution in [3.8, 4) is 0 Å². The Morgan fingerprint density at radius 2 is 1.46 bits per heavy atom. The number of nitrogens with one attached hydrogen (secondary N) is 1. The molecule has 0 amide bonds. The molecule has 0 bridgehead atoms. The first-order valence-electron chi connectivity index (χ1n) is 12.6. The highest BCUT2D eigenvalue weighted by molar-refractivity contribution is 9.11. The Bertz CT molecular complexity index is 1480. The fraction of sp³-hybridized carbons (Fsp3) is 0.400. The number of fused-ring (bicyclic) bond motifs is 2. The summed E-state index contributed by atoms with van der Waals surface area (Å²) in [6.07, 6.45) is 12.3. The van der Waals surface area contributed by atoms with Gasteiger partial charge >= 0.3 is 0 Å². The molecule has 0 saturated heterocycles. The second kappa shape index (κ2) is 11.8. The van der Waals surface area contributed by atoms with Crippen molar-refractivity contribution in [2.45, 2.75) is 58.9 Å². The van der Waals surface area contributed by atoms with E-state index in [2.05, 4.69) is 93.1 Å². The molecule has 37 heavy (non-hydrogen) atoms. The molecule has 6 rings (SSSR count). The second-order valence-electron chi connectivity index (χ2n) is 10.8. The van der Waals surface area contributed by atoms with Gasteiger partial charge in [0.2, 0.25) is 0 Å². The molecular formula is C30H31Br3N4. The molecule has 4 aromatic rings. The fourth-order valence-corrected chi connectivity index (χ4v) is 6.15. The summed E-state index contributed by atoms with van der Waals surface area (Å²) >= 11 is 10.4. The average molecular weight is 687 g/mol. The van der Waals surface area contributed by atoms with Gasteiger partial charge in [-0.05, 0) is 105 Å². The van der Waals surface area contributed by atoms with E-state index in [0.717, 1.165) is 37.2 Å². The van der Waals surface area contributed by atoms with Crippen molar-refractivity contribution in [1.29, 1.82) is 0 Å². The molecular weight excluding hydrogens is 656 g/mol. The van der Waals surface area contributed by atoms with E-state index in [-0.39, 0.29) is 0 Å². The van der Waals surface area contributed by atoms with Crippen LogP contribution >= 0.6 is 47.8 Å². The minimum atomic E-state index is 0.583. The van der Waals surface area contributed by atoms with Crippen LogP contribution in [0.5, 0.6) is 0 Å². The van der Waals surface area contributed by atoms with Gasteiger partial charge in [0.05, 0.1) is 13.1 Å². The molecule has 0 unspecified atom stereocenters. The molecule has 2 aliphatic carbocycles. The van der Waals surface area contributed by atoms with E-state index >= 15 is 0 Å². The van der Waals surface area contributed by atoms with Crippen molar-refractivity contribution < 1.29 is 0 Å². The molecule has 7 heteroatoms. The zero-order valence-corrected chi connectivity index (χ0v) is 26.0. The van der Waals surface area contributed by atoms with E-state index in [4.69, 9.17) is 13.1 Å². The SMILES string of the molecule is CC1(CCBr)CC1.[C-]#[N+]c1ccc2[nH]cc(Br)c2c1.[C-]#[N+]c1ccc2c(c1)c(Br)cn2CCC1(C)CC1. The highest BCUT2D eigenvalue weighted by Gasteiger charge is 2.36. The highest BCUT2D eigenvalue weighted by Crippen LogP contribution is 2.49. The van der Waals surface area contributed by atoms with Gasteiger partial charge in [-0.1, -0.05) is 41.9 Å². The van der Waals surface area contributed by atoms with Gasteiger partial charge < -0.3 is 9.55 Å². The topological polar surface area (TPSA) is 29.4 Å². The minimum Gasteiger partial charge on any atom is -0.360 e. The number of H-pyrrole nitrogens is 1. The first kappa shape index (κ1) is 28.0. The van der Waals surface area contributed by atoms with Crippen molar-refractivity contribution in [2.75, 3.05) is 5.33 Å². The smallest absolute Gasteiger partial charge is 0.188 e. The third kappa shape index (κ3) is 7.29. The largest absolute Gasteiger partial charge is 0.360 e. The highest BCUT2D eigenvalue weighted by atomic mass is 79.9. The molecule has 2 saturated carbocycles. The number of nitrogens with zero attached hydrogens (tertiary/aromatic N) is 3. The molecule has 0 radical (unpaired) electrons. The van der Waals surface area contributed by atoms with Gasteiger partial charge in [-0.3, -0.25) is 0 Å². The van der Waals surface area contributed by atoms with Crippen LogP contribution < -0.4 is 0 Å². The maximum Gasteiger partial charge on any atom is 0.188 e. The Morgan fingerprint density at radius 1 is 0.865 bits per heavy atom. The van der Waals surface area contributed by atoms with Crippen LogP contribution in [0.4, 0.5) is 11.4 Å². The summed E-state index contributed by atoms with van der Waals surface area (Å²) in [5, 5.41) is 3.39. The number of aryl methyl sites for hydroxylation is 1. The molecule has 4 nitrogen and oxygen atoms in total. The molecule has 2 heterocycles. The van der Waals surface area contributed by atoms with Gasteiger partial charge in [0, 0.05) is 55.0 Å². The molecule has 2 aromatic heterocycles. The normalized spacial score (nSPS) is 16.1. The van der Waals surface area contributed by atoms with Crippen LogP contribution in [0.15, 0.2) is 57.7 Å². The minimum absolute atomic E-state index is 0.583. The molecule has 0 atom stereocenters. The second-order valence-corrected chi connectivity index (χ2v) is 13.3. The van der Waals surface area contributed by atoms with E-state index in [1.165, 1.54) is 49.4 Å². The van der Waals surface area contributed by atoms with Crippen LogP contribution in [0.3, 0.4) is 0 Å². The number of aromatic nitrogens is 2. The number of rotatable bonds is 5. The van der Waals surface area contributed by atoms with E-state index in [9.17, 15) is 0 Å². The van der Waals surface area contributed by atoms with Crippen molar-refractivity contribution in [3.63, 3.8) is 0 Å². The summed E-state index contributed by atoms with van der Waals surface area (Å²) in [4.78, 5) is 9.93. The predicted molar refractivity (Wildman–Crippen MR) is 166 cm³/mol. The lowest BCUT2D eigenvalue weighted by Crippen LogP contribution is -2.02. The Kier molecular flexibility index (Phi) is 8.89. The van der Waals surface area contributed by atoms with Crippen LogP contribution in [-0.2, 0) is 6.54 Å². The summed E-state index contributed by atoms with van der Waals surface area (Å²) in [6, 6.07) is 11.5. The lowest BCUT2D eigenvalue weighted by molar-refractivity contribution is 0.470. The lowest BCUT2D eigenvalue weighted by atomic mass is 10.1. The van der Waals surface area contributed by atoms with Crippen LogP contribution in [0.2, 0.25) is 0 Å². The van der Waals surface area contributed by atoms with Gasteiger partial charge in [-0.15, -0.1) is 0 Å². The van der Waals surface area contributed by atoms with E-state index < -0.39 is 0 Å². The van der Waals surface area contributed by atoms with Crippen molar-refractivity contribution >= 4 is 81.0 Å². The van der Waals surface area contributed by atoms with Gasteiger partial charge in [0.15, 0.2) is 11.4 Å². The van der Waals surface area contributed by atoms with Crippen molar-refractivity contribution in [3.05, 3.63) is 80.6 Å². The number of halogens is 3. The maximum absolute atomic E-state index is 7.07. The zero-order valence-electron chi connectivity index (χ0n) is 21.3. The van der Waals surface area contributed by atoms with E-state index in [0.29, 0.717) is 16.8 Å². The standard InChI is InChI=1S/C15H15BrN2.C9H5BrN2.C6H11Br/c1-15(5-6-15)7-8-18-10-13(16)12-9-11(17-2)3-4-14(12)18;1-11-6-2-3-9-7(4-6)8(10)5-12-9;1-6(2-3-6)4-5-7/h3-4,9-10H,5-8H2,1H3;2-5,12H;2-5H2,1H3. The molecule has 192 valence electrons. The van der Waals surface area contributed by atoms with Crippen molar-refractivity contribution in [2.24, 2.45) is 10.8 Å². The number of aromatic amines is 1. The third-order valence-electron chi connectivity index (χ3n) is 7.55. The van der Waals surface area contributed by atoms with Gasteiger partial charge in [-0.2, -0.15) is 0 Å². The van der Waals surface area contributed by atoms with Crippen LogP contribution in [-0.4, -0.2) is 14.9 Å². The van der Waals surface area contributed by atoms with Gasteiger partial charge in [0.1, 0.15) is 0 Å². The number of alkyl halides is 1. The predicted octanol–water partition coefficient (Wildman–Crippen LogP) is 11.2. The van der Waals surface area contributed by atoms with Crippen LogP contribution in [0.1, 0.15) is 52.4 Å². The lowest BCUT2D eigenvalue weighted by Gasteiger charge is -2.10. The summed E-state index contributed by atoms with van der Waals surface area (Å²) in [5.41, 5.74) is 4.98. The maximum atomic E-state index is 7.07. The Balaban J connectivity index is 0.000000144. The Morgan fingerprint density at radius 3 is 2.03 bits per heavy atom. The summed E-state index contributed by atoms with van der Waals surface area (Å²) in [6.45, 7) is 19.7. The first-order chi connectivity index (χ1) is 17.7. The first-order valence-corrected chi connectivity index (χ1v) is 15.3. The fourth-order valence-electron chi connectivity index (χ4n) is 4.19. The molecule has 2 aromatic carbocycles. The average Bonchev–Trinajstić information content (AvgIpc) is 3.76. The molecule has 2 fully saturated rings. The van der Waals surface area contributed by atoms with Crippen LogP contribution in [0.25, 0.3) is 31.5 Å². The Hall–Kier alpha value is -2.06. The van der Waals surface area contributed by atoms with E-state index in [1.807, 2.05) is 30.5 Å². The van der Waals surface area contributed by atoms with Crippen LogP contribution in [0, 0.1) is 24.0 Å². The molecule has 1 N–H and O–H groups in total. The monoisotopic (exact) mass is 684 g/mol. The number of hydrogen-bond acceptors (Lipinski definition) is 0. The third-order valence-corrected chi connectivity index (χ3v) is 9.24. The number of benzene rings is 2. The summed E-state index contributed by atoms with van der Waals surface area (Å²) < 4.78 is 4.39. The zero-order chi connectivity index (χ0) is 26.6. The van der Waals surface area contributed by atoms with Crippen molar-refractivity contribution in [1.82, 2.24) is 9.55 Å². The van der Waals surface area contributed by atoms with E-state index in [1.54, 1.807) is 6.07 Å². The summed E-state index contributed by atoms with van der Waals surface area (Å²) in [5.74, 6) is 0. The van der Waals surface area contributed by atoms with Gasteiger partial charge in [-0.25, -0.2) is 9.69 Å². The molecule has 0 spiro atoms. The Labute approximate surface area is 244 Å². The molecule has 2 aliphatic rings. The van der Waals surface area contributed by atoms with Gasteiger partial charge in [0.25, 0.3) is 0 Å². The molecule has 0 aliphatic heterocycles.